The van der Waals surface area contributed by atoms with Gasteiger partial charge in [-0.3, -0.25) is 10.1 Å². The normalized spacial score (nSPS) is 17.2. The van der Waals surface area contributed by atoms with E-state index in [0.717, 1.165) is 25.9 Å². The summed E-state index contributed by atoms with van der Waals surface area (Å²) in [4.78, 5) is 9.85. The van der Waals surface area contributed by atoms with Crippen molar-refractivity contribution in [3.8, 4) is 0 Å². The van der Waals surface area contributed by atoms with Crippen molar-refractivity contribution in [1.82, 2.24) is 5.32 Å². The number of nitrogens with zero attached hydrogens (tertiary/aromatic N) is 1. The van der Waals surface area contributed by atoms with Gasteiger partial charge in [-0.1, -0.05) is 0 Å². The van der Waals surface area contributed by atoms with E-state index in [2.05, 4.69) is 5.32 Å². The van der Waals surface area contributed by atoms with E-state index < -0.39 is 4.92 Å². The fraction of sp³-hybridized carbons (Fsp3) is 0.636. The molecule has 0 bridgehead atoms. The lowest BCUT2D eigenvalue weighted by Crippen LogP contribution is -2.29. The predicted octanol–water partition coefficient (Wildman–Crippen LogP) is 1.70. The summed E-state index contributed by atoms with van der Waals surface area (Å²) in [5.74, 6) is 0.859. The van der Waals surface area contributed by atoms with E-state index in [0.29, 0.717) is 24.9 Å². The average Bonchev–Trinajstić information content (AvgIpc) is 2.79. The van der Waals surface area contributed by atoms with Gasteiger partial charge in [0.1, 0.15) is 17.3 Å². The average molecular weight is 240 g/mol. The number of nitro groups is 1. The van der Waals surface area contributed by atoms with Crippen LogP contribution in [0.4, 0.5) is 5.88 Å². The molecule has 94 valence electrons. The van der Waals surface area contributed by atoms with E-state index in [9.17, 15) is 10.1 Å². The van der Waals surface area contributed by atoms with Crippen molar-refractivity contribution in [3.63, 3.8) is 0 Å². The van der Waals surface area contributed by atoms with Gasteiger partial charge in [0.2, 0.25) is 0 Å². The third-order valence-corrected chi connectivity index (χ3v) is 2.88. The molecule has 0 radical (unpaired) electrons. The molecule has 1 aliphatic heterocycles. The van der Waals surface area contributed by atoms with Crippen molar-refractivity contribution in [1.29, 1.82) is 0 Å². The molecule has 1 saturated heterocycles. The van der Waals surface area contributed by atoms with Crippen LogP contribution in [0.1, 0.15) is 18.6 Å². The van der Waals surface area contributed by atoms with Gasteiger partial charge in [0.15, 0.2) is 0 Å². The van der Waals surface area contributed by atoms with Crippen LogP contribution in [-0.2, 0) is 11.3 Å². The zero-order chi connectivity index (χ0) is 12.1. The molecule has 1 aliphatic rings. The Kier molecular flexibility index (Phi) is 4.11. The van der Waals surface area contributed by atoms with Gasteiger partial charge in [0.05, 0.1) is 12.7 Å². The van der Waals surface area contributed by atoms with Gasteiger partial charge in [-0.2, -0.15) is 0 Å². The summed E-state index contributed by atoms with van der Waals surface area (Å²) >= 11 is 0. The summed E-state index contributed by atoms with van der Waals surface area (Å²) < 4.78 is 10.5. The molecule has 0 unspecified atom stereocenters. The second kappa shape index (κ2) is 5.79. The van der Waals surface area contributed by atoms with E-state index in [4.69, 9.17) is 9.15 Å². The predicted molar refractivity (Wildman–Crippen MR) is 60.6 cm³/mol. The highest BCUT2D eigenvalue weighted by atomic mass is 16.6. The quantitative estimate of drug-likeness (QED) is 0.626. The van der Waals surface area contributed by atoms with Gasteiger partial charge in [-0.25, -0.2) is 0 Å². The first-order chi connectivity index (χ1) is 8.25. The van der Waals surface area contributed by atoms with E-state index >= 15 is 0 Å². The molecule has 2 rings (SSSR count). The van der Waals surface area contributed by atoms with E-state index in [1.165, 1.54) is 6.07 Å². The highest BCUT2D eigenvalue weighted by Gasteiger charge is 2.14. The van der Waals surface area contributed by atoms with Crippen LogP contribution >= 0.6 is 0 Å². The van der Waals surface area contributed by atoms with Crippen LogP contribution in [0.2, 0.25) is 0 Å². The topological polar surface area (TPSA) is 77.5 Å². The van der Waals surface area contributed by atoms with Crippen LogP contribution in [-0.4, -0.2) is 24.6 Å². The minimum atomic E-state index is -0.545. The van der Waals surface area contributed by atoms with Crippen LogP contribution in [0.3, 0.4) is 0 Å². The second-order valence-corrected chi connectivity index (χ2v) is 4.21. The number of nitrogens with one attached hydrogen (secondary N) is 1. The summed E-state index contributed by atoms with van der Waals surface area (Å²) in [5.41, 5.74) is 0. The lowest BCUT2D eigenvalue weighted by molar-refractivity contribution is -0.402. The number of furan rings is 1. The maximum absolute atomic E-state index is 10.4. The van der Waals surface area contributed by atoms with Crippen molar-refractivity contribution in [2.75, 3.05) is 19.7 Å². The van der Waals surface area contributed by atoms with Gasteiger partial charge < -0.3 is 14.5 Å². The molecule has 1 fully saturated rings. The standard InChI is InChI=1S/C11H16N2O4/c14-13(15)11-2-1-10(17-11)8-16-7-9-3-5-12-6-4-9/h1-2,9,12H,3-8H2. The Bertz CT molecular complexity index is 371. The van der Waals surface area contributed by atoms with Gasteiger partial charge in [0, 0.05) is 0 Å². The molecular formula is C11H16N2O4. The Morgan fingerprint density at radius 3 is 2.88 bits per heavy atom. The van der Waals surface area contributed by atoms with Crippen molar-refractivity contribution < 1.29 is 14.1 Å². The molecule has 0 atom stereocenters. The first kappa shape index (κ1) is 12.1. The van der Waals surface area contributed by atoms with E-state index in [1.807, 2.05) is 0 Å². The lowest BCUT2D eigenvalue weighted by atomic mass is 9.99. The molecule has 0 amide bonds. The van der Waals surface area contributed by atoms with Crippen molar-refractivity contribution in [3.05, 3.63) is 28.0 Å². The minimum absolute atomic E-state index is 0.231. The van der Waals surface area contributed by atoms with Crippen molar-refractivity contribution in [2.45, 2.75) is 19.4 Å². The Morgan fingerprint density at radius 1 is 1.47 bits per heavy atom. The fourth-order valence-electron chi connectivity index (χ4n) is 1.92. The molecular weight excluding hydrogens is 224 g/mol. The number of rotatable bonds is 5. The maximum atomic E-state index is 10.4. The van der Waals surface area contributed by atoms with Crippen LogP contribution < -0.4 is 5.32 Å². The molecule has 1 aromatic heterocycles. The number of hydrogen-bond acceptors (Lipinski definition) is 5. The Balaban J connectivity index is 1.71. The first-order valence-electron chi connectivity index (χ1n) is 5.77. The Morgan fingerprint density at radius 2 is 2.24 bits per heavy atom. The largest absolute Gasteiger partial charge is 0.433 e. The van der Waals surface area contributed by atoms with Crippen molar-refractivity contribution >= 4 is 5.88 Å². The monoisotopic (exact) mass is 240 g/mol. The summed E-state index contributed by atoms with van der Waals surface area (Å²) in [5, 5.41) is 13.7. The smallest absolute Gasteiger partial charge is 0.403 e. The molecule has 2 heterocycles. The lowest BCUT2D eigenvalue weighted by Gasteiger charge is -2.21. The molecule has 1 aromatic rings. The molecule has 17 heavy (non-hydrogen) atoms. The number of ether oxygens (including phenoxy) is 1. The third-order valence-electron chi connectivity index (χ3n) is 2.88. The Labute approximate surface area is 99.1 Å². The van der Waals surface area contributed by atoms with Gasteiger partial charge in [0.25, 0.3) is 0 Å². The summed E-state index contributed by atoms with van der Waals surface area (Å²) in [6.45, 7) is 3.08. The molecule has 0 aromatic carbocycles. The highest BCUT2D eigenvalue weighted by molar-refractivity contribution is 5.17. The highest BCUT2D eigenvalue weighted by Crippen LogP contribution is 2.17. The van der Waals surface area contributed by atoms with E-state index in [-0.39, 0.29) is 5.88 Å². The summed E-state index contributed by atoms with van der Waals surface area (Å²) in [6, 6.07) is 2.93. The summed E-state index contributed by atoms with van der Waals surface area (Å²) in [6.07, 6.45) is 2.25. The number of piperidine rings is 1. The second-order valence-electron chi connectivity index (χ2n) is 4.21. The zero-order valence-electron chi connectivity index (χ0n) is 9.55. The van der Waals surface area contributed by atoms with Crippen molar-refractivity contribution in [2.24, 2.45) is 5.92 Å². The zero-order valence-corrected chi connectivity index (χ0v) is 9.55. The minimum Gasteiger partial charge on any atom is -0.403 e. The maximum Gasteiger partial charge on any atom is 0.433 e. The van der Waals surface area contributed by atoms with Crippen LogP contribution in [0.5, 0.6) is 0 Å². The van der Waals surface area contributed by atoms with Gasteiger partial charge in [-0.05, 0) is 37.9 Å². The third kappa shape index (κ3) is 3.54. The van der Waals surface area contributed by atoms with Gasteiger partial charge in [-0.15, -0.1) is 0 Å². The van der Waals surface area contributed by atoms with Crippen LogP contribution in [0.25, 0.3) is 0 Å². The SMILES string of the molecule is O=[N+]([O-])c1ccc(COCC2CCNCC2)o1. The van der Waals surface area contributed by atoms with Gasteiger partial charge >= 0.3 is 5.88 Å². The first-order valence-corrected chi connectivity index (χ1v) is 5.77. The molecule has 0 spiro atoms. The summed E-state index contributed by atoms with van der Waals surface area (Å²) in [7, 11) is 0. The Hall–Kier alpha value is -1.40. The van der Waals surface area contributed by atoms with Crippen LogP contribution in [0, 0.1) is 16.0 Å². The molecule has 1 N–H and O–H groups in total. The van der Waals surface area contributed by atoms with E-state index in [1.54, 1.807) is 6.07 Å². The molecule has 6 nitrogen and oxygen atoms in total. The van der Waals surface area contributed by atoms with Crippen LogP contribution in [0.15, 0.2) is 16.5 Å². The fourth-order valence-corrected chi connectivity index (χ4v) is 1.92. The molecule has 0 aliphatic carbocycles. The molecule has 6 heteroatoms. The number of hydrogen-bond donors (Lipinski definition) is 1. The molecule has 0 saturated carbocycles.